The average molecular weight is 314 g/mol. The number of carbonyl (C=O) groups excluding carboxylic acids is 1. The highest BCUT2D eigenvalue weighted by Gasteiger charge is 2.11. The van der Waals surface area contributed by atoms with Gasteiger partial charge in [0, 0.05) is 40.1 Å². The molecule has 0 radical (unpaired) electrons. The number of benzene rings is 2. The second kappa shape index (κ2) is 5.85. The zero-order valence-electron chi connectivity index (χ0n) is 13.5. The number of hydrogen-bond donors (Lipinski definition) is 1. The predicted molar refractivity (Wildman–Crippen MR) is 100 cm³/mol. The van der Waals surface area contributed by atoms with Gasteiger partial charge in [0.15, 0.2) is 0 Å². The molecule has 0 aliphatic heterocycles. The van der Waals surface area contributed by atoms with Crippen molar-refractivity contribution in [1.82, 2.24) is 4.57 Å². The molecule has 1 N–H and O–H groups in total. The molecule has 0 unspecified atom stereocenters. The quantitative estimate of drug-likeness (QED) is 0.730. The molecule has 0 spiro atoms. The first-order chi connectivity index (χ1) is 11.7. The van der Waals surface area contributed by atoms with Crippen molar-refractivity contribution >= 4 is 33.4 Å². The number of hydrogen-bond acceptors (Lipinski definition) is 1. The second-order valence-electron chi connectivity index (χ2n) is 5.95. The van der Waals surface area contributed by atoms with Crippen LogP contribution in [0.5, 0.6) is 0 Å². The van der Waals surface area contributed by atoms with Crippen LogP contribution in [-0.2, 0) is 11.8 Å². The van der Waals surface area contributed by atoms with E-state index in [1.807, 2.05) is 54.6 Å². The zero-order chi connectivity index (χ0) is 16.5. The van der Waals surface area contributed by atoms with Gasteiger partial charge >= 0.3 is 0 Å². The lowest BCUT2D eigenvalue weighted by molar-refractivity contribution is -0.112. The van der Waals surface area contributed by atoms with Crippen LogP contribution in [0.4, 0.5) is 5.69 Å². The highest BCUT2D eigenvalue weighted by molar-refractivity contribution is 6.11. The molecule has 1 aliphatic rings. The summed E-state index contributed by atoms with van der Waals surface area (Å²) in [6.07, 6.45) is 10.5. The van der Waals surface area contributed by atoms with Crippen LogP contribution in [0.25, 0.3) is 21.8 Å². The highest BCUT2D eigenvalue weighted by atomic mass is 16.1. The number of anilines is 1. The van der Waals surface area contributed by atoms with Crippen molar-refractivity contribution < 1.29 is 4.79 Å². The second-order valence-corrected chi connectivity index (χ2v) is 5.95. The minimum atomic E-state index is -0.0858. The van der Waals surface area contributed by atoms with Crippen LogP contribution in [0.1, 0.15) is 6.42 Å². The number of para-hydroxylation sites is 1. The van der Waals surface area contributed by atoms with Gasteiger partial charge in [-0.05, 0) is 36.8 Å². The summed E-state index contributed by atoms with van der Waals surface area (Å²) in [5.74, 6) is -0.0858. The van der Waals surface area contributed by atoms with E-state index in [9.17, 15) is 4.79 Å². The molecule has 3 nitrogen and oxygen atoms in total. The Morgan fingerprint density at radius 1 is 1.04 bits per heavy atom. The molecule has 1 aliphatic carbocycles. The SMILES string of the molecule is Cn1c2ccccc2c2cc(NC(=O)C3=CC=CCC=C3)ccc21. The summed E-state index contributed by atoms with van der Waals surface area (Å²) in [7, 11) is 2.07. The van der Waals surface area contributed by atoms with Crippen molar-refractivity contribution in [2.45, 2.75) is 6.42 Å². The monoisotopic (exact) mass is 314 g/mol. The van der Waals surface area contributed by atoms with E-state index in [0.717, 1.165) is 23.0 Å². The molecular weight excluding hydrogens is 296 g/mol. The Labute approximate surface area is 140 Å². The molecule has 1 aromatic heterocycles. The van der Waals surface area contributed by atoms with E-state index >= 15 is 0 Å². The topological polar surface area (TPSA) is 34.0 Å². The van der Waals surface area contributed by atoms with Crippen LogP contribution in [0.2, 0.25) is 0 Å². The molecule has 1 amide bonds. The van der Waals surface area contributed by atoms with E-state index in [1.165, 1.54) is 10.9 Å². The maximum Gasteiger partial charge on any atom is 0.255 e. The van der Waals surface area contributed by atoms with Crippen LogP contribution in [0.15, 0.2) is 78.4 Å². The van der Waals surface area contributed by atoms with Crippen LogP contribution in [-0.4, -0.2) is 10.5 Å². The Balaban J connectivity index is 1.73. The van der Waals surface area contributed by atoms with Crippen LogP contribution in [0.3, 0.4) is 0 Å². The number of amides is 1. The van der Waals surface area contributed by atoms with E-state index in [2.05, 4.69) is 35.1 Å². The number of nitrogens with zero attached hydrogens (tertiary/aromatic N) is 1. The Kier molecular flexibility index (Phi) is 3.54. The molecule has 2 aromatic carbocycles. The minimum absolute atomic E-state index is 0.0858. The number of aryl methyl sites for hydroxylation is 1. The zero-order valence-corrected chi connectivity index (χ0v) is 13.5. The van der Waals surface area contributed by atoms with Crippen molar-refractivity contribution in [2.75, 3.05) is 5.32 Å². The molecule has 24 heavy (non-hydrogen) atoms. The lowest BCUT2D eigenvalue weighted by atomic mass is 10.1. The van der Waals surface area contributed by atoms with Gasteiger partial charge in [-0.1, -0.05) is 42.5 Å². The summed E-state index contributed by atoms with van der Waals surface area (Å²) in [4.78, 5) is 12.5. The third-order valence-corrected chi connectivity index (χ3v) is 4.41. The van der Waals surface area contributed by atoms with E-state index in [1.54, 1.807) is 0 Å². The van der Waals surface area contributed by atoms with Gasteiger partial charge in [-0.2, -0.15) is 0 Å². The van der Waals surface area contributed by atoms with Crippen molar-refractivity contribution in [3.05, 3.63) is 78.4 Å². The van der Waals surface area contributed by atoms with Gasteiger partial charge in [0.2, 0.25) is 0 Å². The largest absolute Gasteiger partial charge is 0.344 e. The van der Waals surface area contributed by atoms with Gasteiger partial charge in [-0.3, -0.25) is 4.79 Å². The van der Waals surface area contributed by atoms with Gasteiger partial charge in [0.25, 0.3) is 5.91 Å². The smallest absolute Gasteiger partial charge is 0.255 e. The van der Waals surface area contributed by atoms with E-state index in [4.69, 9.17) is 0 Å². The fourth-order valence-electron chi connectivity index (χ4n) is 3.18. The number of carbonyl (C=O) groups is 1. The Morgan fingerprint density at radius 3 is 2.79 bits per heavy atom. The van der Waals surface area contributed by atoms with E-state index in [0.29, 0.717) is 5.57 Å². The fourth-order valence-corrected chi connectivity index (χ4v) is 3.18. The summed E-state index contributed by atoms with van der Waals surface area (Å²) in [5, 5.41) is 5.35. The number of nitrogens with one attached hydrogen (secondary N) is 1. The standard InChI is InChI=1S/C21H18N2O/c1-23-19-11-7-6-10-17(19)18-14-16(12-13-20(18)23)22-21(24)15-8-4-2-3-5-9-15/h2,4-14H,3H2,1H3,(H,22,24). The third kappa shape index (κ3) is 2.44. The molecule has 0 bridgehead atoms. The molecule has 1 heterocycles. The Morgan fingerprint density at radius 2 is 1.88 bits per heavy atom. The lowest BCUT2D eigenvalue weighted by Crippen LogP contribution is -2.13. The summed E-state index contributed by atoms with van der Waals surface area (Å²) >= 11 is 0. The van der Waals surface area contributed by atoms with Gasteiger partial charge in [-0.15, -0.1) is 0 Å². The molecule has 0 saturated carbocycles. The molecule has 0 saturated heterocycles. The van der Waals surface area contributed by atoms with Crippen molar-refractivity contribution in [1.29, 1.82) is 0 Å². The first kappa shape index (κ1) is 14.5. The summed E-state index contributed by atoms with van der Waals surface area (Å²) < 4.78 is 2.18. The van der Waals surface area contributed by atoms with Crippen molar-refractivity contribution in [3.8, 4) is 0 Å². The van der Waals surface area contributed by atoms with Crippen LogP contribution in [0, 0.1) is 0 Å². The van der Waals surface area contributed by atoms with Gasteiger partial charge < -0.3 is 9.88 Å². The van der Waals surface area contributed by atoms with Gasteiger partial charge in [0.05, 0.1) is 0 Å². The first-order valence-corrected chi connectivity index (χ1v) is 8.06. The normalized spacial score (nSPS) is 14.0. The maximum absolute atomic E-state index is 12.5. The predicted octanol–water partition coefficient (Wildman–Crippen LogP) is 4.71. The fraction of sp³-hybridized carbons (Fsp3) is 0.0952. The highest BCUT2D eigenvalue weighted by Crippen LogP contribution is 2.30. The summed E-state index contributed by atoms with van der Waals surface area (Å²) in [5.41, 5.74) is 3.83. The number of aromatic nitrogens is 1. The maximum atomic E-state index is 12.5. The summed E-state index contributed by atoms with van der Waals surface area (Å²) in [6, 6.07) is 14.4. The van der Waals surface area contributed by atoms with E-state index < -0.39 is 0 Å². The average Bonchev–Trinajstić information content (AvgIpc) is 2.79. The molecule has 0 fully saturated rings. The van der Waals surface area contributed by atoms with Crippen LogP contribution >= 0.6 is 0 Å². The summed E-state index contributed by atoms with van der Waals surface area (Å²) in [6.45, 7) is 0. The van der Waals surface area contributed by atoms with Crippen molar-refractivity contribution in [2.24, 2.45) is 7.05 Å². The molecule has 4 rings (SSSR count). The van der Waals surface area contributed by atoms with Crippen LogP contribution < -0.4 is 5.32 Å². The molecule has 0 atom stereocenters. The Hall–Kier alpha value is -3.07. The number of rotatable bonds is 2. The Bertz CT molecular complexity index is 1030. The van der Waals surface area contributed by atoms with Crippen molar-refractivity contribution in [3.63, 3.8) is 0 Å². The molecule has 3 heteroatoms. The lowest BCUT2D eigenvalue weighted by Gasteiger charge is -2.06. The molecular formula is C21H18N2O. The van der Waals surface area contributed by atoms with Gasteiger partial charge in [-0.25, -0.2) is 0 Å². The minimum Gasteiger partial charge on any atom is -0.344 e. The number of allylic oxidation sites excluding steroid dienone is 4. The first-order valence-electron chi connectivity index (χ1n) is 8.06. The van der Waals surface area contributed by atoms with E-state index in [-0.39, 0.29) is 5.91 Å². The molecule has 118 valence electrons. The molecule has 3 aromatic rings. The van der Waals surface area contributed by atoms with Gasteiger partial charge in [0.1, 0.15) is 0 Å². The number of fused-ring (bicyclic) bond motifs is 3. The third-order valence-electron chi connectivity index (χ3n) is 4.41.